The molecule has 0 fully saturated rings. The molecule has 84 valence electrons. The van der Waals surface area contributed by atoms with Crippen molar-refractivity contribution in [3.05, 3.63) is 23.8 Å². The van der Waals surface area contributed by atoms with E-state index < -0.39 is 0 Å². The van der Waals surface area contributed by atoms with Gasteiger partial charge >= 0.3 is 0 Å². The summed E-state index contributed by atoms with van der Waals surface area (Å²) in [5, 5.41) is 0. The van der Waals surface area contributed by atoms with Crippen LogP contribution in [0.5, 0.6) is 0 Å². The minimum Gasteiger partial charge on any atom is -0.397 e. The summed E-state index contributed by atoms with van der Waals surface area (Å²) < 4.78 is 0. The van der Waals surface area contributed by atoms with Gasteiger partial charge in [-0.05, 0) is 18.6 Å². The number of amides is 1. The summed E-state index contributed by atoms with van der Waals surface area (Å²) in [5.41, 5.74) is 7.49. The highest BCUT2D eigenvalue weighted by molar-refractivity contribution is 6.09. The highest BCUT2D eigenvalue weighted by atomic mass is 16.2. The molecule has 1 aliphatic rings. The van der Waals surface area contributed by atoms with E-state index in [0.717, 1.165) is 0 Å². The molecule has 1 aromatic carbocycles. The second-order valence-corrected chi connectivity index (χ2v) is 3.94. The van der Waals surface area contributed by atoms with Crippen LogP contribution in [0.3, 0.4) is 0 Å². The third kappa shape index (κ3) is 1.66. The molecule has 1 heterocycles. The van der Waals surface area contributed by atoms with E-state index in [1.54, 1.807) is 23.1 Å². The van der Waals surface area contributed by atoms with Crippen LogP contribution >= 0.6 is 0 Å². The molecule has 1 aliphatic heterocycles. The Balaban J connectivity index is 2.62. The molecule has 0 bridgehead atoms. The van der Waals surface area contributed by atoms with Crippen molar-refractivity contribution in [2.24, 2.45) is 0 Å². The smallest absolute Gasteiger partial charge is 0.223 e. The van der Waals surface area contributed by atoms with Gasteiger partial charge in [-0.2, -0.15) is 0 Å². The quantitative estimate of drug-likeness (QED) is 0.673. The fourth-order valence-corrected chi connectivity index (χ4v) is 2.05. The van der Waals surface area contributed by atoms with Crippen LogP contribution in [0, 0.1) is 0 Å². The number of hydrogen-bond donors (Lipinski definition) is 1. The number of rotatable bonds is 0. The van der Waals surface area contributed by atoms with Crippen LogP contribution in [0.4, 0.5) is 11.4 Å². The number of ketones is 1. The monoisotopic (exact) mass is 218 g/mol. The summed E-state index contributed by atoms with van der Waals surface area (Å²) >= 11 is 0. The third-order valence-electron chi connectivity index (χ3n) is 2.80. The predicted molar refractivity (Wildman–Crippen MR) is 62.4 cm³/mol. The summed E-state index contributed by atoms with van der Waals surface area (Å²) in [6.07, 6.45) is 1.16. The van der Waals surface area contributed by atoms with Crippen molar-refractivity contribution >= 4 is 23.1 Å². The van der Waals surface area contributed by atoms with Crippen LogP contribution in [0.1, 0.15) is 30.1 Å². The molecule has 0 radical (unpaired) electrons. The average Bonchev–Trinajstić information content (AvgIpc) is 2.40. The topological polar surface area (TPSA) is 63.4 Å². The van der Waals surface area contributed by atoms with Crippen LogP contribution in [-0.2, 0) is 4.79 Å². The van der Waals surface area contributed by atoms with Crippen molar-refractivity contribution < 1.29 is 9.59 Å². The van der Waals surface area contributed by atoms with E-state index in [1.807, 2.05) is 0 Å². The Morgan fingerprint density at radius 2 is 2.19 bits per heavy atom. The van der Waals surface area contributed by atoms with Gasteiger partial charge < -0.3 is 10.6 Å². The summed E-state index contributed by atoms with van der Waals surface area (Å²) in [7, 11) is 0. The number of nitrogen functional groups attached to an aromatic ring is 1. The number of carbonyl (C=O) groups excluding carboxylic acids is 2. The molecule has 0 aromatic heterocycles. The van der Waals surface area contributed by atoms with Gasteiger partial charge in [0.1, 0.15) is 0 Å². The van der Waals surface area contributed by atoms with Gasteiger partial charge in [-0.1, -0.05) is 6.07 Å². The Bertz CT molecular complexity index is 454. The highest BCUT2D eigenvalue weighted by Crippen LogP contribution is 2.31. The molecule has 4 heteroatoms. The number of hydrogen-bond acceptors (Lipinski definition) is 3. The molecule has 1 aromatic rings. The molecule has 1 amide bonds. The first-order valence-electron chi connectivity index (χ1n) is 5.31. The van der Waals surface area contributed by atoms with Crippen molar-refractivity contribution in [1.29, 1.82) is 0 Å². The summed E-state index contributed by atoms with van der Waals surface area (Å²) in [6, 6.07) is 5.19. The van der Waals surface area contributed by atoms with Crippen LogP contribution in [-0.4, -0.2) is 18.2 Å². The lowest BCUT2D eigenvalue weighted by Crippen LogP contribution is -2.30. The molecular formula is C12H14N2O2. The van der Waals surface area contributed by atoms with Gasteiger partial charge in [0.15, 0.2) is 5.78 Å². The zero-order valence-corrected chi connectivity index (χ0v) is 9.19. The lowest BCUT2D eigenvalue weighted by atomic mass is 10.1. The molecule has 0 aliphatic carbocycles. The number of carbonyl (C=O) groups is 2. The number of para-hydroxylation sites is 1. The Hall–Kier alpha value is -1.84. The normalized spacial score (nSPS) is 15.6. The molecule has 0 saturated heterocycles. The van der Waals surface area contributed by atoms with Crippen LogP contribution < -0.4 is 10.6 Å². The number of benzene rings is 1. The van der Waals surface area contributed by atoms with Crippen molar-refractivity contribution in [1.82, 2.24) is 0 Å². The van der Waals surface area contributed by atoms with Crippen molar-refractivity contribution in [2.45, 2.75) is 19.8 Å². The summed E-state index contributed by atoms with van der Waals surface area (Å²) in [6.45, 7) is 2.05. The first-order chi connectivity index (χ1) is 7.61. The van der Waals surface area contributed by atoms with Gasteiger partial charge in [-0.15, -0.1) is 0 Å². The predicted octanol–water partition coefficient (Wildman–Crippen LogP) is 1.60. The van der Waals surface area contributed by atoms with E-state index in [9.17, 15) is 9.59 Å². The molecular weight excluding hydrogens is 204 g/mol. The first kappa shape index (κ1) is 10.7. The molecule has 2 rings (SSSR count). The molecule has 0 unspecified atom stereocenters. The molecule has 16 heavy (non-hydrogen) atoms. The zero-order valence-electron chi connectivity index (χ0n) is 9.19. The number of nitrogens with zero attached hydrogens (tertiary/aromatic N) is 1. The lowest BCUT2D eigenvalue weighted by molar-refractivity contribution is -0.116. The first-order valence-corrected chi connectivity index (χ1v) is 5.31. The van der Waals surface area contributed by atoms with Gasteiger partial charge in [0, 0.05) is 25.5 Å². The maximum atomic E-state index is 11.8. The zero-order chi connectivity index (χ0) is 11.7. The fourth-order valence-electron chi connectivity index (χ4n) is 2.05. The van der Waals surface area contributed by atoms with Crippen LogP contribution in [0.2, 0.25) is 0 Å². The van der Waals surface area contributed by atoms with Crippen molar-refractivity contribution in [3.8, 4) is 0 Å². The molecule has 0 atom stereocenters. The number of nitrogens with two attached hydrogens (primary N) is 1. The number of anilines is 2. The summed E-state index contributed by atoms with van der Waals surface area (Å²) in [4.78, 5) is 25.0. The fraction of sp³-hybridized carbons (Fsp3) is 0.333. The SMILES string of the molecule is CC(=O)N1CCCC(=O)c2cccc(N)c21. The number of fused-ring (bicyclic) bond motifs is 1. The van der Waals surface area contributed by atoms with Gasteiger partial charge in [0.25, 0.3) is 0 Å². The third-order valence-corrected chi connectivity index (χ3v) is 2.80. The van der Waals surface area contributed by atoms with Crippen LogP contribution in [0.25, 0.3) is 0 Å². The second-order valence-electron chi connectivity index (χ2n) is 3.94. The molecule has 2 N–H and O–H groups in total. The average molecular weight is 218 g/mol. The van der Waals surface area contributed by atoms with E-state index >= 15 is 0 Å². The summed E-state index contributed by atoms with van der Waals surface area (Å²) in [5.74, 6) is -0.0140. The van der Waals surface area contributed by atoms with E-state index in [1.165, 1.54) is 6.92 Å². The van der Waals surface area contributed by atoms with E-state index in [4.69, 9.17) is 5.73 Å². The Kier molecular flexibility index (Phi) is 2.64. The highest BCUT2D eigenvalue weighted by Gasteiger charge is 2.24. The van der Waals surface area contributed by atoms with E-state index in [2.05, 4.69) is 0 Å². The Morgan fingerprint density at radius 3 is 2.88 bits per heavy atom. The lowest BCUT2D eigenvalue weighted by Gasteiger charge is -2.22. The largest absolute Gasteiger partial charge is 0.397 e. The maximum absolute atomic E-state index is 11.8. The minimum absolute atomic E-state index is 0.0612. The second kappa shape index (κ2) is 3.96. The van der Waals surface area contributed by atoms with Gasteiger partial charge in [0.05, 0.1) is 11.4 Å². The van der Waals surface area contributed by atoms with Gasteiger partial charge in [0.2, 0.25) is 5.91 Å². The van der Waals surface area contributed by atoms with Gasteiger partial charge in [-0.3, -0.25) is 9.59 Å². The molecule has 4 nitrogen and oxygen atoms in total. The molecule has 0 saturated carbocycles. The Labute approximate surface area is 94.0 Å². The number of Topliss-reactive ketones (excluding diaryl/α,β-unsaturated/α-hetero) is 1. The van der Waals surface area contributed by atoms with E-state index in [0.29, 0.717) is 36.3 Å². The maximum Gasteiger partial charge on any atom is 0.223 e. The molecule has 0 spiro atoms. The Morgan fingerprint density at radius 1 is 1.44 bits per heavy atom. The van der Waals surface area contributed by atoms with Crippen molar-refractivity contribution in [3.63, 3.8) is 0 Å². The van der Waals surface area contributed by atoms with Gasteiger partial charge in [-0.25, -0.2) is 0 Å². The minimum atomic E-state index is -0.0751. The standard InChI is InChI=1S/C12H14N2O2/c1-8(15)14-7-3-6-11(16)9-4-2-5-10(13)12(9)14/h2,4-5H,3,6-7,13H2,1H3. The van der Waals surface area contributed by atoms with Crippen molar-refractivity contribution in [2.75, 3.05) is 17.2 Å². The van der Waals surface area contributed by atoms with Crippen LogP contribution in [0.15, 0.2) is 18.2 Å². The van der Waals surface area contributed by atoms with E-state index in [-0.39, 0.29) is 11.7 Å².